The molecule has 2 saturated heterocycles. The first-order valence-corrected chi connectivity index (χ1v) is 9.64. The minimum Gasteiger partial charge on any atom is -0.494 e. The quantitative estimate of drug-likeness (QED) is 0.744. The number of fused-ring (bicyclic) bond motifs is 1. The Balaban J connectivity index is 1.44. The molecule has 8 heteroatoms. The van der Waals surface area contributed by atoms with Crippen molar-refractivity contribution < 1.29 is 4.74 Å². The van der Waals surface area contributed by atoms with Crippen LogP contribution in [0, 0.1) is 18.3 Å². The second kappa shape index (κ2) is 6.62. The minimum absolute atomic E-state index is 0.426. The number of methoxy groups -OCH3 is 1. The average Bonchev–Trinajstić information content (AvgIpc) is 3.40. The van der Waals surface area contributed by atoms with E-state index in [0.717, 1.165) is 43.0 Å². The van der Waals surface area contributed by atoms with Gasteiger partial charge in [0.25, 0.3) is 0 Å². The van der Waals surface area contributed by atoms with Gasteiger partial charge in [0.1, 0.15) is 22.9 Å². The predicted octanol–water partition coefficient (Wildman–Crippen LogP) is 1.61. The first kappa shape index (κ1) is 17.2. The molecule has 2 aliphatic rings. The van der Waals surface area contributed by atoms with Crippen molar-refractivity contribution in [1.29, 1.82) is 5.26 Å². The lowest BCUT2D eigenvalue weighted by Crippen LogP contribution is -2.53. The monoisotopic (exact) mass is 377 g/mol. The summed E-state index contributed by atoms with van der Waals surface area (Å²) in [6, 6.07) is 5.23. The summed E-state index contributed by atoms with van der Waals surface area (Å²) in [5, 5.41) is 21.7. The molecule has 8 nitrogen and oxygen atoms in total. The molecule has 5 rings (SSSR count). The molecule has 3 aromatic heterocycles. The fourth-order valence-electron chi connectivity index (χ4n) is 4.44. The van der Waals surface area contributed by atoms with Gasteiger partial charge in [0, 0.05) is 48.7 Å². The van der Waals surface area contributed by atoms with Crippen LogP contribution in [0.2, 0.25) is 0 Å². The van der Waals surface area contributed by atoms with Gasteiger partial charge in [-0.1, -0.05) is 0 Å². The highest BCUT2D eigenvalue weighted by molar-refractivity contribution is 5.75. The molecular formula is C20H23N7O. The predicted molar refractivity (Wildman–Crippen MR) is 104 cm³/mol. The van der Waals surface area contributed by atoms with Crippen LogP contribution in [0.3, 0.4) is 0 Å². The Bertz CT molecular complexity index is 1060. The molecule has 144 valence electrons. The minimum atomic E-state index is 0.426. The Hall–Kier alpha value is -2.89. The smallest absolute Gasteiger partial charge is 0.146 e. The highest BCUT2D eigenvalue weighted by Gasteiger charge is 2.35. The van der Waals surface area contributed by atoms with Crippen molar-refractivity contribution in [2.75, 3.05) is 33.3 Å². The Morgan fingerprint density at radius 1 is 1.25 bits per heavy atom. The number of nitrogens with zero attached hydrogens (tertiary/aromatic N) is 6. The van der Waals surface area contributed by atoms with E-state index in [0.29, 0.717) is 28.9 Å². The van der Waals surface area contributed by atoms with E-state index in [2.05, 4.69) is 38.1 Å². The van der Waals surface area contributed by atoms with E-state index in [1.807, 2.05) is 18.5 Å². The number of nitriles is 1. The fraction of sp³-hybridized carbons (Fsp3) is 0.450. The maximum absolute atomic E-state index is 9.29. The van der Waals surface area contributed by atoms with Crippen LogP contribution in [0.15, 0.2) is 24.7 Å². The fourth-order valence-corrected chi connectivity index (χ4v) is 4.44. The largest absolute Gasteiger partial charge is 0.494 e. The van der Waals surface area contributed by atoms with Crippen LogP contribution < -0.4 is 10.1 Å². The molecule has 2 aliphatic heterocycles. The Morgan fingerprint density at radius 2 is 2.11 bits per heavy atom. The highest BCUT2D eigenvalue weighted by Crippen LogP contribution is 2.33. The van der Waals surface area contributed by atoms with Crippen molar-refractivity contribution in [2.24, 2.45) is 0 Å². The zero-order valence-electron chi connectivity index (χ0n) is 16.1. The zero-order chi connectivity index (χ0) is 19.3. The molecule has 0 aromatic carbocycles. The number of likely N-dealkylation sites (tertiary alicyclic amines) is 1. The molecule has 0 unspecified atom stereocenters. The van der Waals surface area contributed by atoms with Crippen molar-refractivity contribution >= 4 is 5.52 Å². The van der Waals surface area contributed by atoms with Gasteiger partial charge in [-0.15, -0.1) is 0 Å². The third kappa shape index (κ3) is 2.58. The van der Waals surface area contributed by atoms with Crippen molar-refractivity contribution in [3.8, 4) is 22.9 Å². The number of hydrogen-bond donors (Lipinski definition) is 1. The van der Waals surface area contributed by atoms with Crippen molar-refractivity contribution in [3.63, 3.8) is 0 Å². The van der Waals surface area contributed by atoms with Gasteiger partial charge in [-0.25, -0.2) is 4.52 Å². The van der Waals surface area contributed by atoms with E-state index in [1.54, 1.807) is 17.8 Å². The zero-order valence-corrected chi connectivity index (χ0v) is 16.1. The van der Waals surface area contributed by atoms with E-state index < -0.39 is 0 Å². The van der Waals surface area contributed by atoms with Gasteiger partial charge >= 0.3 is 0 Å². The van der Waals surface area contributed by atoms with Crippen LogP contribution >= 0.6 is 0 Å². The molecule has 0 saturated carbocycles. The molecule has 3 aromatic rings. The van der Waals surface area contributed by atoms with Crippen molar-refractivity contribution in [1.82, 2.24) is 29.6 Å². The maximum Gasteiger partial charge on any atom is 0.146 e. The molecule has 0 spiro atoms. The van der Waals surface area contributed by atoms with Crippen LogP contribution in [-0.2, 0) is 0 Å². The molecule has 1 N–H and O–H groups in total. The number of nitrogens with one attached hydrogen (secondary N) is 1. The van der Waals surface area contributed by atoms with Crippen molar-refractivity contribution in [2.45, 2.75) is 25.4 Å². The van der Waals surface area contributed by atoms with Gasteiger partial charge in [-0.2, -0.15) is 15.5 Å². The second-order valence-electron chi connectivity index (χ2n) is 7.60. The van der Waals surface area contributed by atoms with Crippen LogP contribution in [0.5, 0.6) is 5.75 Å². The lowest BCUT2D eigenvalue weighted by molar-refractivity contribution is 0.0595. The summed E-state index contributed by atoms with van der Waals surface area (Å²) < 4.78 is 9.39. The number of pyridine rings is 1. The molecule has 1 atom stereocenters. The van der Waals surface area contributed by atoms with Crippen LogP contribution in [0.1, 0.15) is 23.7 Å². The summed E-state index contributed by atoms with van der Waals surface area (Å²) in [6.45, 7) is 6.46. The third-order valence-corrected chi connectivity index (χ3v) is 6.06. The van der Waals surface area contributed by atoms with E-state index in [9.17, 15) is 5.26 Å². The summed E-state index contributed by atoms with van der Waals surface area (Å²) in [5.74, 6) is 0.641. The Labute approximate surface area is 163 Å². The third-order valence-electron chi connectivity index (χ3n) is 6.06. The van der Waals surface area contributed by atoms with E-state index in [4.69, 9.17) is 4.74 Å². The second-order valence-corrected chi connectivity index (χ2v) is 7.60. The van der Waals surface area contributed by atoms with Gasteiger partial charge in [-0.05, 0) is 26.0 Å². The SMILES string of the molecule is COc1cc(-c2cnn(C3CN([C@@H]4CCNC4)C3)c2C)cn2ncc(C#N)c12. The molecule has 0 radical (unpaired) electrons. The number of hydrogen-bond acceptors (Lipinski definition) is 6. The topological polar surface area (TPSA) is 83.4 Å². The first-order chi connectivity index (χ1) is 13.7. The molecule has 0 amide bonds. The molecule has 0 aliphatic carbocycles. The summed E-state index contributed by atoms with van der Waals surface area (Å²) in [7, 11) is 1.62. The van der Waals surface area contributed by atoms with Crippen LogP contribution in [0.4, 0.5) is 0 Å². The van der Waals surface area contributed by atoms with Crippen molar-refractivity contribution in [3.05, 3.63) is 35.9 Å². The van der Waals surface area contributed by atoms with Crippen LogP contribution in [-0.4, -0.2) is 63.6 Å². The van der Waals surface area contributed by atoms with E-state index in [1.165, 1.54) is 6.42 Å². The number of ether oxygens (including phenoxy) is 1. The van der Waals surface area contributed by atoms with Gasteiger partial charge in [0.05, 0.1) is 25.5 Å². The molecule has 2 fully saturated rings. The Kier molecular flexibility index (Phi) is 4.07. The average molecular weight is 377 g/mol. The van der Waals surface area contributed by atoms with E-state index >= 15 is 0 Å². The lowest BCUT2D eigenvalue weighted by atomic mass is 10.0. The molecule has 0 bridgehead atoms. The summed E-state index contributed by atoms with van der Waals surface area (Å²) >= 11 is 0. The van der Waals surface area contributed by atoms with Gasteiger partial charge in [-0.3, -0.25) is 9.58 Å². The van der Waals surface area contributed by atoms with Crippen LogP contribution in [0.25, 0.3) is 16.6 Å². The highest BCUT2D eigenvalue weighted by atomic mass is 16.5. The molecule has 5 heterocycles. The summed E-state index contributed by atoms with van der Waals surface area (Å²) in [6.07, 6.45) is 6.66. The first-order valence-electron chi connectivity index (χ1n) is 9.64. The number of aromatic nitrogens is 4. The maximum atomic E-state index is 9.29. The van der Waals surface area contributed by atoms with Gasteiger partial charge in [0.2, 0.25) is 0 Å². The van der Waals surface area contributed by atoms with E-state index in [-0.39, 0.29) is 0 Å². The molecule has 28 heavy (non-hydrogen) atoms. The normalized spacial score (nSPS) is 20.4. The van der Waals surface area contributed by atoms with Gasteiger partial charge in [0.15, 0.2) is 0 Å². The number of rotatable bonds is 4. The lowest BCUT2D eigenvalue weighted by Gasteiger charge is -2.43. The van der Waals surface area contributed by atoms with Gasteiger partial charge < -0.3 is 10.1 Å². The standard InChI is InChI=1S/C20H23N7O/c1-13-18(9-24-27(13)17-11-25(12-17)16-3-4-22-8-16)14-5-19(28-2)20-15(6-21)7-23-26(20)10-14/h5,7,9-10,16-17,22H,3-4,8,11-12H2,1-2H3/t16-/m1/s1. The molecular weight excluding hydrogens is 354 g/mol. The Morgan fingerprint density at radius 3 is 2.82 bits per heavy atom. The summed E-state index contributed by atoms with van der Waals surface area (Å²) in [4.78, 5) is 2.55. The summed E-state index contributed by atoms with van der Waals surface area (Å²) in [5.41, 5.74) is 4.39.